The van der Waals surface area contributed by atoms with Crippen molar-refractivity contribution in [2.75, 3.05) is 19.7 Å². The van der Waals surface area contributed by atoms with Gasteiger partial charge in [0.25, 0.3) is 0 Å². The summed E-state index contributed by atoms with van der Waals surface area (Å²) in [6, 6.07) is 14.5. The Morgan fingerprint density at radius 1 is 1.10 bits per heavy atom. The molecule has 1 amide bonds. The molecule has 3 heterocycles. The van der Waals surface area contributed by atoms with Gasteiger partial charge in [-0.05, 0) is 50.6 Å². The van der Waals surface area contributed by atoms with Crippen molar-refractivity contribution in [2.45, 2.75) is 45.8 Å². The Morgan fingerprint density at radius 2 is 1.83 bits per heavy atom. The highest BCUT2D eigenvalue weighted by Gasteiger charge is 2.24. The first-order valence-corrected chi connectivity index (χ1v) is 10.6. The van der Waals surface area contributed by atoms with Crippen LogP contribution in [0.15, 0.2) is 48.7 Å². The van der Waals surface area contributed by atoms with Gasteiger partial charge in [-0.1, -0.05) is 18.2 Å². The molecule has 1 aliphatic rings. The van der Waals surface area contributed by atoms with E-state index in [1.807, 2.05) is 47.7 Å². The number of pyridine rings is 1. The molecule has 1 aliphatic heterocycles. The van der Waals surface area contributed by atoms with Gasteiger partial charge in [0.2, 0.25) is 5.91 Å². The molecule has 0 saturated carbocycles. The zero-order valence-electron chi connectivity index (χ0n) is 17.9. The lowest BCUT2D eigenvalue weighted by atomic mass is 10.0. The molecule has 158 valence electrons. The second-order valence-corrected chi connectivity index (χ2v) is 8.08. The minimum absolute atomic E-state index is 0.0658. The zero-order chi connectivity index (χ0) is 21.1. The van der Waals surface area contributed by atoms with Crippen LogP contribution in [0.5, 0.6) is 5.75 Å². The maximum atomic E-state index is 12.2. The third-order valence-corrected chi connectivity index (χ3v) is 5.60. The first-order valence-electron chi connectivity index (χ1n) is 10.6. The van der Waals surface area contributed by atoms with Gasteiger partial charge in [-0.2, -0.15) is 5.10 Å². The molecule has 6 heteroatoms. The average Bonchev–Trinajstić information content (AvgIpc) is 3.23. The number of ether oxygens (including phenoxy) is 2. The lowest BCUT2D eigenvalue weighted by molar-refractivity contribution is -0.139. The molecule has 1 aromatic carbocycles. The van der Waals surface area contributed by atoms with Gasteiger partial charge in [0.05, 0.1) is 11.6 Å². The van der Waals surface area contributed by atoms with Crippen molar-refractivity contribution in [3.05, 3.63) is 54.4 Å². The number of carbonyl (C=O) groups is 1. The summed E-state index contributed by atoms with van der Waals surface area (Å²) >= 11 is 0. The van der Waals surface area contributed by atoms with Gasteiger partial charge in [-0.15, -0.1) is 0 Å². The van der Waals surface area contributed by atoms with E-state index in [-0.39, 0.29) is 24.7 Å². The van der Waals surface area contributed by atoms with E-state index < -0.39 is 0 Å². The summed E-state index contributed by atoms with van der Waals surface area (Å²) in [5.74, 6) is 0.931. The Labute approximate surface area is 177 Å². The van der Waals surface area contributed by atoms with Crippen LogP contribution < -0.4 is 4.74 Å². The minimum Gasteiger partial charge on any atom is -0.490 e. The van der Waals surface area contributed by atoms with Crippen molar-refractivity contribution in [3.8, 4) is 16.9 Å². The van der Waals surface area contributed by atoms with Crippen LogP contribution in [0.25, 0.3) is 16.6 Å². The highest BCUT2D eigenvalue weighted by Crippen LogP contribution is 2.27. The van der Waals surface area contributed by atoms with Crippen LogP contribution in [-0.2, 0) is 9.53 Å². The molecule has 0 unspecified atom stereocenters. The first-order chi connectivity index (χ1) is 14.5. The Kier molecular flexibility index (Phi) is 6.04. The van der Waals surface area contributed by atoms with E-state index in [0.717, 1.165) is 40.9 Å². The molecule has 6 nitrogen and oxygen atoms in total. The van der Waals surface area contributed by atoms with Crippen molar-refractivity contribution in [1.82, 2.24) is 14.5 Å². The van der Waals surface area contributed by atoms with Crippen LogP contribution in [-0.4, -0.2) is 52.3 Å². The molecule has 0 radical (unpaired) electrons. The SMILES string of the molecule is Cc1c(-c2ccc(OC3CCN(C(=O)COC(C)C)CC3)cc2)ccc2ccnn12. The second-order valence-electron chi connectivity index (χ2n) is 8.08. The summed E-state index contributed by atoms with van der Waals surface area (Å²) in [5.41, 5.74) is 4.51. The van der Waals surface area contributed by atoms with E-state index in [9.17, 15) is 4.79 Å². The van der Waals surface area contributed by atoms with E-state index in [1.54, 1.807) is 0 Å². The number of benzene rings is 1. The van der Waals surface area contributed by atoms with Crippen LogP contribution in [0, 0.1) is 6.92 Å². The molecule has 0 aliphatic carbocycles. The Bertz CT molecular complexity index is 1000. The van der Waals surface area contributed by atoms with E-state index in [0.29, 0.717) is 13.1 Å². The van der Waals surface area contributed by atoms with E-state index in [1.165, 1.54) is 0 Å². The number of carbonyl (C=O) groups excluding carboxylic acids is 1. The molecule has 3 aromatic rings. The van der Waals surface area contributed by atoms with Gasteiger partial charge in [0, 0.05) is 43.4 Å². The summed E-state index contributed by atoms with van der Waals surface area (Å²) in [7, 11) is 0. The lowest BCUT2D eigenvalue weighted by Crippen LogP contribution is -2.43. The number of aromatic nitrogens is 2. The highest BCUT2D eigenvalue weighted by atomic mass is 16.5. The largest absolute Gasteiger partial charge is 0.490 e. The Balaban J connectivity index is 1.34. The minimum atomic E-state index is 0.0658. The summed E-state index contributed by atoms with van der Waals surface area (Å²) < 4.78 is 13.6. The summed E-state index contributed by atoms with van der Waals surface area (Å²) in [6.45, 7) is 7.55. The summed E-state index contributed by atoms with van der Waals surface area (Å²) in [4.78, 5) is 14.1. The molecule has 4 rings (SSSR count). The Morgan fingerprint density at radius 3 is 2.53 bits per heavy atom. The zero-order valence-corrected chi connectivity index (χ0v) is 17.9. The fraction of sp³-hybridized carbons (Fsp3) is 0.417. The molecule has 0 bridgehead atoms. The van der Waals surface area contributed by atoms with Gasteiger partial charge in [-0.3, -0.25) is 4.79 Å². The van der Waals surface area contributed by atoms with Crippen LogP contribution in [0.4, 0.5) is 0 Å². The Hall–Kier alpha value is -2.86. The fourth-order valence-corrected chi connectivity index (χ4v) is 3.89. The van der Waals surface area contributed by atoms with E-state index in [2.05, 4.69) is 36.3 Å². The number of hydrogen-bond donors (Lipinski definition) is 0. The monoisotopic (exact) mass is 407 g/mol. The number of nitrogens with zero attached hydrogens (tertiary/aromatic N) is 3. The molecular weight excluding hydrogens is 378 g/mol. The second kappa shape index (κ2) is 8.88. The quantitative estimate of drug-likeness (QED) is 0.617. The summed E-state index contributed by atoms with van der Waals surface area (Å²) in [5, 5.41) is 4.39. The van der Waals surface area contributed by atoms with Crippen LogP contribution in [0.3, 0.4) is 0 Å². The number of fused-ring (bicyclic) bond motifs is 1. The topological polar surface area (TPSA) is 56.1 Å². The molecule has 2 aromatic heterocycles. The third kappa shape index (κ3) is 4.49. The van der Waals surface area contributed by atoms with E-state index >= 15 is 0 Å². The summed E-state index contributed by atoms with van der Waals surface area (Å²) in [6.07, 6.45) is 3.70. The average molecular weight is 408 g/mol. The normalized spacial score (nSPS) is 15.1. The number of rotatable bonds is 6. The number of amides is 1. The molecule has 0 spiro atoms. The number of piperidine rings is 1. The van der Waals surface area contributed by atoms with Crippen LogP contribution in [0.1, 0.15) is 32.4 Å². The number of hydrogen-bond acceptors (Lipinski definition) is 4. The third-order valence-electron chi connectivity index (χ3n) is 5.60. The van der Waals surface area contributed by atoms with Crippen molar-refractivity contribution in [1.29, 1.82) is 0 Å². The van der Waals surface area contributed by atoms with Crippen molar-refractivity contribution < 1.29 is 14.3 Å². The van der Waals surface area contributed by atoms with Crippen molar-refractivity contribution >= 4 is 11.4 Å². The standard InChI is InChI=1S/C24H29N3O3/c1-17(2)29-16-24(28)26-14-11-22(12-15-26)30-21-7-4-19(5-8-21)23-9-6-20-10-13-25-27(20)18(23)3/h4-10,13,17,22H,11-12,14-16H2,1-3H3. The maximum Gasteiger partial charge on any atom is 0.248 e. The van der Waals surface area contributed by atoms with Crippen molar-refractivity contribution in [2.24, 2.45) is 0 Å². The highest BCUT2D eigenvalue weighted by molar-refractivity contribution is 5.77. The first kappa shape index (κ1) is 20.4. The maximum absolute atomic E-state index is 12.2. The van der Waals surface area contributed by atoms with Crippen molar-refractivity contribution in [3.63, 3.8) is 0 Å². The lowest BCUT2D eigenvalue weighted by Gasteiger charge is -2.32. The van der Waals surface area contributed by atoms with Gasteiger partial charge >= 0.3 is 0 Å². The van der Waals surface area contributed by atoms with Crippen LogP contribution >= 0.6 is 0 Å². The molecule has 30 heavy (non-hydrogen) atoms. The number of likely N-dealkylation sites (tertiary alicyclic amines) is 1. The van der Waals surface area contributed by atoms with E-state index in [4.69, 9.17) is 9.47 Å². The molecule has 1 fully saturated rings. The molecular formula is C24H29N3O3. The molecule has 1 saturated heterocycles. The number of aryl methyl sites for hydroxylation is 1. The van der Waals surface area contributed by atoms with Gasteiger partial charge in [0.1, 0.15) is 18.5 Å². The fourth-order valence-electron chi connectivity index (χ4n) is 3.89. The van der Waals surface area contributed by atoms with Gasteiger partial charge < -0.3 is 14.4 Å². The smallest absolute Gasteiger partial charge is 0.248 e. The molecule has 0 atom stereocenters. The molecule has 0 N–H and O–H groups in total. The van der Waals surface area contributed by atoms with Crippen LogP contribution in [0.2, 0.25) is 0 Å². The van der Waals surface area contributed by atoms with Gasteiger partial charge in [-0.25, -0.2) is 4.52 Å². The predicted octanol–water partition coefficient (Wildman–Crippen LogP) is 4.10. The van der Waals surface area contributed by atoms with Gasteiger partial charge in [0.15, 0.2) is 0 Å². The predicted molar refractivity (Wildman–Crippen MR) is 117 cm³/mol.